The van der Waals surface area contributed by atoms with Crippen LogP contribution in [0.5, 0.6) is 11.5 Å². The third kappa shape index (κ3) is 3.41. The number of aliphatic hydroxyl groups is 2. The smallest absolute Gasteiger partial charge is 0.337 e. The van der Waals surface area contributed by atoms with Gasteiger partial charge < -0.3 is 29.5 Å². The third-order valence-electron chi connectivity index (χ3n) is 2.85. The second-order valence-electron chi connectivity index (χ2n) is 4.01. The Balaban J connectivity index is 3.38. The Morgan fingerprint density at radius 1 is 1.05 bits per heavy atom. The van der Waals surface area contributed by atoms with Crippen LogP contribution in [0.15, 0.2) is 12.1 Å². The van der Waals surface area contributed by atoms with Crippen molar-refractivity contribution in [1.82, 2.24) is 0 Å². The van der Waals surface area contributed by atoms with Gasteiger partial charge in [0.2, 0.25) is 0 Å². The number of aliphatic hydroxyl groups excluding tert-OH is 2. The van der Waals surface area contributed by atoms with Crippen molar-refractivity contribution < 1.29 is 39.1 Å². The zero-order valence-electron chi connectivity index (χ0n) is 11.7. The molecule has 8 nitrogen and oxygen atoms in total. The van der Waals surface area contributed by atoms with Crippen LogP contribution in [0, 0.1) is 0 Å². The van der Waals surface area contributed by atoms with E-state index in [-0.39, 0.29) is 22.6 Å². The predicted molar refractivity (Wildman–Crippen MR) is 69.5 cm³/mol. The van der Waals surface area contributed by atoms with Crippen molar-refractivity contribution in [3.63, 3.8) is 0 Å². The quantitative estimate of drug-likeness (QED) is 0.626. The first kappa shape index (κ1) is 16.7. The Kier molecular flexibility index (Phi) is 5.51. The molecular formula is C13H16O8. The molecule has 0 amide bonds. The highest BCUT2D eigenvalue weighted by molar-refractivity contribution is 5.91. The van der Waals surface area contributed by atoms with Crippen molar-refractivity contribution >= 4 is 11.9 Å². The molecule has 0 saturated heterocycles. The van der Waals surface area contributed by atoms with Crippen LogP contribution in [0.4, 0.5) is 0 Å². The highest BCUT2D eigenvalue weighted by Crippen LogP contribution is 2.34. The van der Waals surface area contributed by atoms with Gasteiger partial charge in [-0.3, -0.25) is 0 Å². The molecule has 0 radical (unpaired) electrons. The Bertz CT molecular complexity index is 539. The average Bonchev–Trinajstić information content (AvgIpc) is 2.50. The number of benzene rings is 1. The van der Waals surface area contributed by atoms with E-state index < -0.39 is 24.1 Å². The number of hydrogen-bond acceptors (Lipinski definition) is 7. The van der Waals surface area contributed by atoms with E-state index in [1.165, 1.54) is 20.3 Å². The Morgan fingerprint density at radius 3 is 2.00 bits per heavy atom. The molecule has 3 N–H and O–H groups in total. The van der Waals surface area contributed by atoms with E-state index in [9.17, 15) is 24.9 Å². The summed E-state index contributed by atoms with van der Waals surface area (Å²) < 4.78 is 14.3. The first-order valence-corrected chi connectivity index (χ1v) is 5.80. The summed E-state index contributed by atoms with van der Waals surface area (Å²) >= 11 is 0. The van der Waals surface area contributed by atoms with Crippen LogP contribution < -0.4 is 9.47 Å². The van der Waals surface area contributed by atoms with Gasteiger partial charge in [-0.1, -0.05) is 0 Å². The standard InChI is InChI=1S/C13H16O8/c1-19-8-4-6(10(14)11(15)13(18)21-3)7(12(16)17)5-9(8)20-2/h4-5,10-11,14-15H,1-3H3,(H,16,17). The molecule has 0 aromatic heterocycles. The van der Waals surface area contributed by atoms with Crippen molar-refractivity contribution in [1.29, 1.82) is 0 Å². The largest absolute Gasteiger partial charge is 0.493 e. The average molecular weight is 300 g/mol. The van der Waals surface area contributed by atoms with E-state index in [1.54, 1.807) is 0 Å². The van der Waals surface area contributed by atoms with Crippen LogP contribution in [0.3, 0.4) is 0 Å². The molecular weight excluding hydrogens is 284 g/mol. The van der Waals surface area contributed by atoms with Crippen molar-refractivity contribution in [3.05, 3.63) is 23.3 Å². The number of carbonyl (C=O) groups excluding carboxylic acids is 1. The lowest BCUT2D eigenvalue weighted by atomic mass is 9.97. The molecule has 1 rings (SSSR count). The molecule has 2 atom stereocenters. The van der Waals surface area contributed by atoms with Crippen molar-refractivity contribution in [2.24, 2.45) is 0 Å². The van der Waals surface area contributed by atoms with Gasteiger partial charge in [-0.2, -0.15) is 0 Å². The second kappa shape index (κ2) is 6.91. The summed E-state index contributed by atoms with van der Waals surface area (Å²) in [5, 5.41) is 28.8. The Morgan fingerprint density at radius 2 is 1.57 bits per heavy atom. The van der Waals surface area contributed by atoms with Crippen LogP contribution in [-0.4, -0.2) is 54.7 Å². The topological polar surface area (TPSA) is 123 Å². The number of esters is 1. The minimum absolute atomic E-state index is 0.137. The SMILES string of the molecule is COC(=O)C(O)C(O)c1cc(OC)c(OC)cc1C(=O)O. The summed E-state index contributed by atoms with van der Waals surface area (Å²) in [5.41, 5.74) is -0.527. The van der Waals surface area contributed by atoms with Gasteiger partial charge in [-0.15, -0.1) is 0 Å². The predicted octanol–water partition coefficient (Wildman–Crippen LogP) is -0.0307. The number of aromatic carboxylic acids is 1. The lowest BCUT2D eigenvalue weighted by molar-refractivity contribution is -0.156. The minimum Gasteiger partial charge on any atom is -0.493 e. The molecule has 1 aromatic carbocycles. The highest BCUT2D eigenvalue weighted by Gasteiger charge is 2.31. The summed E-state index contributed by atoms with van der Waals surface area (Å²) in [5.74, 6) is -2.16. The third-order valence-corrected chi connectivity index (χ3v) is 2.85. The monoisotopic (exact) mass is 300 g/mol. The lowest BCUT2D eigenvalue weighted by Gasteiger charge is -2.19. The number of rotatable bonds is 6. The van der Waals surface area contributed by atoms with E-state index in [4.69, 9.17) is 9.47 Å². The zero-order valence-corrected chi connectivity index (χ0v) is 11.7. The number of methoxy groups -OCH3 is 3. The van der Waals surface area contributed by atoms with Gasteiger partial charge in [0.05, 0.1) is 26.9 Å². The number of hydrogen-bond donors (Lipinski definition) is 3. The maximum Gasteiger partial charge on any atom is 0.337 e. The van der Waals surface area contributed by atoms with Gasteiger partial charge in [0, 0.05) is 5.56 Å². The van der Waals surface area contributed by atoms with Gasteiger partial charge >= 0.3 is 11.9 Å². The van der Waals surface area contributed by atoms with Gasteiger partial charge in [0.1, 0.15) is 6.10 Å². The second-order valence-corrected chi connectivity index (χ2v) is 4.01. The fraction of sp³-hybridized carbons (Fsp3) is 0.385. The summed E-state index contributed by atoms with van der Waals surface area (Å²) in [6.45, 7) is 0. The van der Waals surface area contributed by atoms with Crippen LogP contribution in [0.25, 0.3) is 0 Å². The van der Waals surface area contributed by atoms with E-state index in [1.807, 2.05) is 0 Å². The Labute approximate surface area is 120 Å². The highest BCUT2D eigenvalue weighted by atomic mass is 16.5. The van der Waals surface area contributed by atoms with E-state index in [0.717, 1.165) is 13.2 Å². The normalized spacial score (nSPS) is 13.2. The summed E-state index contributed by atoms with van der Waals surface area (Å²) in [6, 6.07) is 2.31. The molecule has 1 aromatic rings. The molecule has 8 heteroatoms. The first-order valence-electron chi connectivity index (χ1n) is 5.80. The molecule has 0 spiro atoms. The molecule has 0 aliphatic rings. The number of carboxylic acids is 1. The molecule has 0 heterocycles. The number of carboxylic acid groups (broad SMARTS) is 1. The van der Waals surface area contributed by atoms with Gasteiger partial charge in [-0.25, -0.2) is 9.59 Å². The summed E-state index contributed by atoms with van der Waals surface area (Å²) in [6.07, 6.45) is -3.71. The number of ether oxygens (including phenoxy) is 3. The van der Waals surface area contributed by atoms with Crippen LogP contribution >= 0.6 is 0 Å². The fourth-order valence-electron chi connectivity index (χ4n) is 1.74. The van der Waals surface area contributed by atoms with E-state index in [0.29, 0.717) is 0 Å². The van der Waals surface area contributed by atoms with Crippen LogP contribution in [0.1, 0.15) is 22.0 Å². The fourth-order valence-corrected chi connectivity index (χ4v) is 1.74. The van der Waals surface area contributed by atoms with Gasteiger partial charge in [0.15, 0.2) is 17.6 Å². The maximum absolute atomic E-state index is 11.3. The lowest BCUT2D eigenvalue weighted by Crippen LogP contribution is -2.30. The number of carbonyl (C=O) groups is 2. The molecule has 0 aliphatic heterocycles. The minimum atomic E-state index is -1.92. The molecule has 0 bridgehead atoms. The molecule has 2 unspecified atom stereocenters. The van der Waals surface area contributed by atoms with Crippen molar-refractivity contribution in [2.75, 3.05) is 21.3 Å². The molecule has 0 fully saturated rings. The van der Waals surface area contributed by atoms with Gasteiger partial charge in [0.25, 0.3) is 0 Å². The van der Waals surface area contributed by atoms with Crippen molar-refractivity contribution in [3.8, 4) is 11.5 Å². The van der Waals surface area contributed by atoms with Crippen LogP contribution in [0.2, 0.25) is 0 Å². The first-order chi connectivity index (χ1) is 9.87. The Hall–Kier alpha value is -2.32. The van der Waals surface area contributed by atoms with Crippen molar-refractivity contribution in [2.45, 2.75) is 12.2 Å². The molecule has 0 aliphatic carbocycles. The molecule has 116 valence electrons. The molecule has 0 saturated carbocycles. The van der Waals surface area contributed by atoms with Gasteiger partial charge in [-0.05, 0) is 12.1 Å². The summed E-state index contributed by atoms with van der Waals surface area (Å²) in [7, 11) is 3.68. The van der Waals surface area contributed by atoms with E-state index in [2.05, 4.69) is 4.74 Å². The van der Waals surface area contributed by atoms with Crippen LogP contribution in [-0.2, 0) is 9.53 Å². The summed E-state index contributed by atoms with van der Waals surface area (Å²) in [4.78, 5) is 22.5. The zero-order chi connectivity index (χ0) is 16.2. The molecule has 21 heavy (non-hydrogen) atoms. The maximum atomic E-state index is 11.3. The van der Waals surface area contributed by atoms with E-state index >= 15 is 0 Å².